The molecule has 0 aromatic carbocycles. The molecule has 0 heterocycles. The third kappa shape index (κ3) is 4.80. The summed E-state index contributed by atoms with van der Waals surface area (Å²) >= 11 is 0. The molecule has 88 valence electrons. The smallest absolute Gasteiger partial charge is 0.409 e. The standard InChI is InChI=1S/C10H19NO4/c1-5-7-8(14-4)10(3,13)11-9(12)15-6-2/h5,7-8,13H,6H2,1-4H3,(H,11,12)/b7-5+/t8-,10+/m1/s1. The summed E-state index contributed by atoms with van der Waals surface area (Å²) in [6, 6.07) is 0. The fourth-order valence-electron chi connectivity index (χ4n) is 1.12. The number of alkyl carbamates (subject to hydrolysis) is 1. The summed E-state index contributed by atoms with van der Waals surface area (Å²) in [7, 11) is 1.45. The molecule has 0 bridgehead atoms. The van der Waals surface area contributed by atoms with Crippen molar-refractivity contribution in [1.82, 2.24) is 5.32 Å². The third-order valence-corrected chi connectivity index (χ3v) is 1.81. The monoisotopic (exact) mass is 217 g/mol. The number of carbonyl (C=O) groups excluding carboxylic acids is 1. The van der Waals surface area contributed by atoms with Gasteiger partial charge in [0.2, 0.25) is 0 Å². The van der Waals surface area contributed by atoms with Crippen LogP contribution in [0.2, 0.25) is 0 Å². The molecule has 0 radical (unpaired) electrons. The summed E-state index contributed by atoms with van der Waals surface area (Å²) in [5, 5.41) is 12.2. The SMILES string of the molecule is C/C=C/[C@@H](OC)[C@](C)(O)NC(=O)OCC. The molecular weight excluding hydrogens is 198 g/mol. The van der Waals surface area contributed by atoms with E-state index in [1.807, 2.05) is 0 Å². The topological polar surface area (TPSA) is 67.8 Å². The summed E-state index contributed by atoms with van der Waals surface area (Å²) < 4.78 is 9.69. The van der Waals surface area contributed by atoms with Crippen LogP contribution in [0.15, 0.2) is 12.2 Å². The number of hydrogen-bond donors (Lipinski definition) is 2. The molecule has 0 rings (SSSR count). The van der Waals surface area contributed by atoms with Gasteiger partial charge >= 0.3 is 6.09 Å². The lowest BCUT2D eigenvalue weighted by molar-refractivity contribution is -0.0765. The molecule has 0 aromatic heterocycles. The second-order valence-corrected chi connectivity index (χ2v) is 3.18. The number of nitrogens with one attached hydrogen (secondary N) is 1. The normalized spacial score (nSPS) is 17.1. The predicted molar refractivity (Wildman–Crippen MR) is 56.4 cm³/mol. The first-order valence-corrected chi connectivity index (χ1v) is 4.80. The maximum Gasteiger partial charge on any atom is 0.409 e. The van der Waals surface area contributed by atoms with Gasteiger partial charge in [-0.2, -0.15) is 0 Å². The lowest BCUT2D eigenvalue weighted by Crippen LogP contribution is -2.54. The van der Waals surface area contributed by atoms with Crippen LogP contribution in [0.5, 0.6) is 0 Å². The maximum atomic E-state index is 11.1. The van der Waals surface area contributed by atoms with Gasteiger partial charge in [-0.25, -0.2) is 4.79 Å². The van der Waals surface area contributed by atoms with Crippen molar-refractivity contribution >= 4 is 6.09 Å². The Labute approximate surface area is 90.1 Å². The van der Waals surface area contributed by atoms with Gasteiger partial charge in [0.05, 0.1) is 6.61 Å². The number of rotatable bonds is 5. The van der Waals surface area contributed by atoms with Crippen molar-refractivity contribution in [3.05, 3.63) is 12.2 Å². The van der Waals surface area contributed by atoms with Crippen molar-refractivity contribution in [2.45, 2.75) is 32.6 Å². The number of allylic oxidation sites excluding steroid dienone is 1. The van der Waals surface area contributed by atoms with Gasteiger partial charge in [0.15, 0.2) is 5.72 Å². The van der Waals surface area contributed by atoms with Gasteiger partial charge in [0, 0.05) is 7.11 Å². The summed E-state index contributed by atoms with van der Waals surface area (Å²) in [6.45, 7) is 5.18. The molecule has 0 aliphatic heterocycles. The summed E-state index contributed by atoms with van der Waals surface area (Å²) in [5.41, 5.74) is -1.49. The van der Waals surface area contributed by atoms with Crippen LogP contribution in [0.4, 0.5) is 4.79 Å². The molecular formula is C10H19NO4. The molecule has 0 aromatic rings. The Balaban J connectivity index is 4.42. The van der Waals surface area contributed by atoms with E-state index in [2.05, 4.69) is 10.1 Å². The zero-order valence-electron chi connectivity index (χ0n) is 9.61. The fraction of sp³-hybridized carbons (Fsp3) is 0.700. The molecule has 1 amide bonds. The van der Waals surface area contributed by atoms with Crippen molar-refractivity contribution in [2.24, 2.45) is 0 Å². The van der Waals surface area contributed by atoms with E-state index in [1.54, 1.807) is 26.0 Å². The molecule has 0 fully saturated rings. The van der Waals surface area contributed by atoms with E-state index in [9.17, 15) is 9.90 Å². The highest BCUT2D eigenvalue weighted by atomic mass is 16.6. The molecule has 0 saturated heterocycles. The molecule has 0 aliphatic rings. The number of amides is 1. The molecule has 0 aliphatic carbocycles. The first-order valence-electron chi connectivity index (χ1n) is 4.80. The Morgan fingerprint density at radius 3 is 2.67 bits per heavy atom. The zero-order valence-corrected chi connectivity index (χ0v) is 9.61. The predicted octanol–water partition coefficient (Wildman–Crippen LogP) is 1.03. The quantitative estimate of drug-likeness (QED) is 0.533. The third-order valence-electron chi connectivity index (χ3n) is 1.81. The minimum atomic E-state index is -1.49. The minimum Gasteiger partial charge on any atom is -0.450 e. The number of carbonyl (C=O) groups is 1. The van der Waals surface area contributed by atoms with Gasteiger partial charge in [-0.3, -0.25) is 5.32 Å². The van der Waals surface area contributed by atoms with Crippen molar-refractivity contribution in [3.63, 3.8) is 0 Å². The van der Waals surface area contributed by atoms with Crippen LogP contribution in [-0.2, 0) is 9.47 Å². The number of hydrogen-bond acceptors (Lipinski definition) is 4. The zero-order chi connectivity index (χ0) is 11.9. The fourth-order valence-corrected chi connectivity index (χ4v) is 1.12. The molecule has 0 unspecified atom stereocenters. The van der Waals surface area contributed by atoms with Crippen LogP contribution in [-0.4, -0.2) is 36.7 Å². The van der Waals surface area contributed by atoms with Crippen LogP contribution < -0.4 is 5.32 Å². The van der Waals surface area contributed by atoms with E-state index in [0.717, 1.165) is 0 Å². The summed E-state index contributed by atoms with van der Waals surface area (Å²) in [4.78, 5) is 11.1. The summed E-state index contributed by atoms with van der Waals surface area (Å²) in [6.07, 6.45) is 2.09. The van der Waals surface area contributed by atoms with Crippen LogP contribution in [0.1, 0.15) is 20.8 Å². The molecule has 5 heteroatoms. The number of ether oxygens (including phenoxy) is 2. The van der Waals surface area contributed by atoms with Crippen molar-refractivity contribution in [2.75, 3.05) is 13.7 Å². The van der Waals surface area contributed by atoms with E-state index in [0.29, 0.717) is 0 Å². The highest BCUT2D eigenvalue weighted by Crippen LogP contribution is 2.11. The Bertz CT molecular complexity index is 225. The molecule has 0 saturated carbocycles. The second-order valence-electron chi connectivity index (χ2n) is 3.18. The maximum absolute atomic E-state index is 11.1. The van der Waals surface area contributed by atoms with Gasteiger partial charge in [0.25, 0.3) is 0 Å². The van der Waals surface area contributed by atoms with E-state index < -0.39 is 17.9 Å². The second kappa shape index (κ2) is 6.42. The number of aliphatic hydroxyl groups is 1. The number of methoxy groups -OCH3 is 1. The lowest BCUT2D eigenvalue weighted by Gasteiger charge is -2.30. The van der Waals surface area contributed by atoms with E-state index in [1.165, 1.54) is 14.0 Å². The van der Waals surface area contributed by atoms with Crippen molar-refractivity contribution in [3.8, 4) is 0 Å². The average Bonchev–Trinajstić information content (AvgIpc) is 2.13. The Morgan fingerprint density at radius 2 is 2.27 bits per heavy atom. The molecule has 0 spiro atoms. The highest BCUT2D eigenvalue weighted by Gasteiger charge is 2.32. The molecule has 5 nitrogen and oxygen atoms in total. The van der Waals surface area contributed by atoms with Crippen molar-refractivity contribution in [1.29, 1.82) is 0 Å². The van der Waals surface area contributed by atoms with Crippen LogP contribution in [0.25, 0.3) is 0 Å². The highest BCUT2D eigenvalue weighted by molar-refractivity contribution is 5.68. The summed E-state index contributed by atoms with van der Waals surface area (Å²) in [5.74, 6) is 0. The average molecular weight is 217 g/mol. The largest absolute Gasteiger partial charge is 0.450 e. The molecule has 2 N–H and O–H groups in total. The first-order chi connectivity index (χ1) is 6.97. The molecule has 2 atom stereocenters. The van der Waals surface area contributed by atoms with E-state index in [-0.39, 0.29) is 6.61 Å². The Kier molecular flexibility index (Phi) is 5.96. The Morgan fingerprint density at radius 1 is 1.67 bits per heavy atom. The van der Waals surface area contributed by atoms with E-state index in [4.69, 9.17) is 4.74 Å². The first kappa shape index (κ1) is 13.9. The van der Waals surface area contributed by atoms with Crippen LogP contribution in [0, 0.1) is 0 Å². The lowest BCUT2D eigenvalue weighted by atomic mass is 10.1. The van der Waals surface area contributed by atoms with E-state index >= 15 is 0 Å². The van der Waals surface area contributed by atoms with Gasteiger partial charge in [-0.05, 0) is 20.8 Å². The van der Waals surface area contributed by atoms with Crippen molar-refractivity contribution < 1.29 is 19.4 Å². The van der Waals surface area contributed by atoms with Gasteiger partial charge in [0.1, 0.15) is 6.10 Å². The van der Waals surface area contributed by atoms with Gasteiger partial charge < -0.3 is 14.6 Å². The molecule has 15 heavy (non-hydrogen) atoms. The Hall–Kier alpha value is -1.07. The van der Waals surface area contributed by atoms with Gasteiger partial charge in [-0.15, -0.1) is 0 Å². The van der Waals surface area contributed by atoms with Gasteiger partial charge in [-0.1, -0.05) is 12.2 Å². The van der Waals surface area contributed by atoms with Crippen LogP contribution in [0.3, 0.4) is 0 Å². The van der Waals surface area contributed by atoms with Crippen LogP contribution >= 0.6 is 0 Å². The minimum absolute atomic E-state index is 0.253.